The van der Waals surface area contributed by atoms with Crippen LogP contribution in [0, 0.1) is 0 Å². The van der Waals surface area contributed by atoms with E-state index in [1.807, 2.05) is 0 Å². The van der Waals surface area contributed by atoms with Crippen molar-refractivity contribution in [1.82, 2.24) is 9.88 Å². The Morgan fingerprint density at radius 3 is 2.41 bits per heavy atom. The summed E-state index contributed by atoms with van der Waals surface area (Å²) < 4.78 is 42.6. The number of ether oxygens (including phenoxy) is 1. The first kappa shape index (κ1) is 18.2. The van der Waals surface area contributed by atoms with Gasteiger partial charge in [0, 0.05) is 20.3 Å². The number of hydrogen-bond acceptors (Lipinski definition) is 4. The third kappa shape index (κ3) is 4.09. The lowest BCUT2D eigenvalue weighted by Crippen LogP contribution is -2.34. The third-order valence-corrected chi connectivity index (χ3v) is 2.98. The molecule has 0 saturated heterocycles. The molecule has 0 aliphatic heterocycles. The van der Waals surface area contributed by atoms with Gasteiger partial charge in [-0.15, -0.1) is 0 Å². The van der Waals surface area contributed by atoms with Crippen molar-refractivity contribution in [2.45, 2.75) is 19.0 Å². The molecule has 0 aromatic carbocycles. The number of rotatable bonds is 4. The van der Waals surface area contributed by atoms with Gasteiger partial charge in [-0.25, -0.2) is 0 Å². The van der Waals surface area contributed by atoms with Crippen LogP contribution in [-0.4, -0.2) is 42.5 Å². The zero-order valence-electron chi connectivity index (χ0n) is 12.1. The van der Waals surface area contributed by atoms with Gasteiger partial charge >= 0.3 is 12.1 Å². The van der Waals surface area contributed by atoms with Crippen LogP contribution in [0.2, 0.25) is 5.02 Å². The van der Waals surface area contributed by atoms with E-state index in [2.05, 4.69) is 4.98 Å². The van der Waals surface area contributed by atoms with E-state index in [0.717, 1.165) is 4.90 Å². The van der Waals surface area contributed by atoms with Crippen LogP contribution in [-0.2, 0) is 20.5 Å². The van der Waals surface area contributed by atoms with Gasteiger partial charge in [0.1, 0.15) is 0 Å². The van der Waals surface area contributed by atoms with Gasteiger partial charge in [0.2, 0.25) is 5.91 Å². The molecular formula is C13H14ClF3N2O3. The minimum Gasteiger partial charge on any atom is -0.465 e. The maximum absolute atomic E-state index is 12.6. The fourth-order valence-corrected chi connectivity index (χ4v) is 1.90. The molecule has 1 amide bonds. The highest BCUT2D eigenvalue weighted by atomic mass is 35.5. The molecule has 9 heteroatoms. The SMILES string of the molecule is CCOC(=O)[C@@H](C(=O)N(C)C)c1ncc(C(F)(F)F)cc1Cl. The number of hydrogen-bond donors (Lipinski definition) is 0. The smallest absolute Gasteiger partial charge is 0.417 e. The van der Waals surface area contributed by atoms with Gasteiger partial charge in [0.15, 0.2) is 5.92 Å². The van der Waals surface area contributed by atoms with Gasteiger partial charge in [-0.3, -0.25) is 14.6 Å². The fraction of sp³-hybridized carbons (Fsp3) is 0.462. The van der Waals surface area contributed by atoms with Crippen LogP contribution in [0.25, 0.3) is 0 Å². The van der Waals surface area contributed by atoms with E-state index in [1.165, 1.54) is 21.0 Å². The van der Waals surface area contributed by atoms with Crippen molar-refractivity contribution in [2.24, 2.45) is 0 Å². The standard InChI is InChI=1S/C13H14ClF3N2O3/c1-4-22-12(21)9(11(20)19(2)3)10-8(14)5-7(6-18-10)13(15,16)17/h5-6,9H,4H2,1-3H3/t9-/m1/s1. The molecule has 122 valence electrons. The van der Waals surface area contributed by atoms with Gasteiger partial charge in [0.25, 0.3) is 0 Å². The van der Waals surface area contributed by atoms with Crippen LogP contribution < -0.4 is 0 Å². The largest absolute Gasteiger partial charge is 0.465 e. The molecule has 0 aliphatic rings. The molecule has 0 bridgehead atoms. The number of carbonyl (C=O) groups excluding carboxylic acids is 2. The van der Waals surface area contributed by atoms with Gasteiger partial charge in [-0.2, -0.15) is 13.2 Å². The molecular weight excluding hydrogens is 325 g/mol. The number of esters is 1. The lowest BCUT2D eigenvalue weighted by molar-refractivity contribution is -0.150. The molecule has 0 radical (unpaired) electrons. The minimum absolute atomic E-state index is 0.00823. The molecule has 0 spiro atoms. The molecule has 0 aliphatic carbocycles. The number of halogens is 4. The summed E-state index contributed by atoms with van der Waals surface area (Å²) in [4.78, 5) is 28.7. The average Bonchev–Trinajstić information content (AvgIpc) is 2.39. The predicted octanol–water partition coefficient (Wildman–Crippen LogP) is 2.49. The van der Waals surface area contributed by atoms with E-state index in [9.17, 15) is 22.8 Å². The molecule has 1 atom stereocenters. The molecule has 1 aromatic heterocycles. The summed E-state index contributed by atoms with van der Waals surface area (Å²) in [5, 5.41) is -0.428. The second-order valence-corrected chi connectivity index (χ2v) is 4.91. The highest BCUT2D eigenvalue weighted by Gasteiger charge is 2.37. The highest BCUT2D eigenvalue weighted by Crippen LogP contribution is 2.33. The molecule has 1 heterocycles. The number of alkyl halides is 3. The zero-order chi connectivity index (χ0) is 17.1. The summed E-state index contributed by atoms with van der Waals surface area (Å²) in [6.45, 7) is 1.55. The summed E-state index contributed by atoms with van der Waals surface area (Å²) in [7, 11) is 2.79. The van der Waals surface area contributed by atoms with E-state index < -0.39 is 34.6 Å². The minimum atomic E-state index is -4.62. The van der Waals surface area contributed by atoms with Gasteiger partial charge in [-0.05, 0) is 13.0 Å². The van der Waals surface area contributed by atoms with Crippen LogP contribution in [0.4, 0.5) is 13.2 Å². The summed E-state index contributed by atoms with van der Waals surface area (Å²) in [6.07, 6.45) is -4.10. The molecule has 0 unspecified atom stereocenters. The second kappa shape index (κ2) is 6.95. The predicted molar refractivity (Wildman–Crippen MR) is 72.3 cm³/mol. The van der Waals surface area contributed by atoms with Crippen LogP contribution in [0.15, 0.2) is 12.3 Å². The third-order valence-electron chi connectivity index (χ3n) is 2.68. The Morgan fingerprint density at radius 1 is 1.41 bits per heavy atom. The molecule has 22 heavy (non-hydrogen) atoms. The molecule has 1 aromatic rings. The number of nitrogens with zero attached hydrogens (tertiary/aromatic N) is 2. The van der Waals surface area contributed by atoms with E-state index in [-0.39, 0.29) is 12.3 Å². The second-order valence-electron chi connectivity index (χ2n) is 4.51. The Kier molecular flexibility index (Phi) is 5.76. The van der Waals surface area contributed by atoms with Crippen LogP contribution >= 0.6 is 11.6 Å². The van der Waals surface area contributed by atoms with Gasteiger partial charge in [-0.1, -0.05) is 11.6 Å². The number of likely N-dealkylation sites (N-methyl/N-ethyl adjacent to an activating group) is 1. The summed E-state index contributed by atoms with van der Waals surface area (Å²) in [5.74, 6) is -3.12. The number of aromatic nitrogens is 1. The van der Waals surface area contributed by atoms with E-state index >= 15 is 0 Å². The van der Waals surface area contributed by atoms with Crippen molar-refractivity contribution in [2.75, 3.05) is 20.7 Å². The summed E-state index contributed by atoms with van der Waals surface area (Å²) in [6, 6.07) is 0.624. The maximum atomic E-state index is 12.6. The zero-order valence-corrected chi connectivity index (χ0v) is 12.8. The number of pyridine rings is 1. The van der Waals surface area contributed by atoms with Crippen molar-refractivity contribution in [1.29, 1.82) is 0 Å². The Labute approximate surface area is 130 Å². The first-order valence-corrected chi connectivity index (χ1v) is 6.57. The Bertz CT molecular complexity index is 576. The lowest BCUT2D eigenvalue weighted by Gasteiger charge is -2.20. The monoisotopic (exact) mass is 338 g/mol. The van der Waals surface area contributed by atoms with Crippen molar-refractivity contribution >= 4 is 23.5 Å². The normalized spacial score (nSPS) is 12.7. The van der Waals surface area contributed by atoms with Crippen molar-refractivity contribution in [3.63, 3.8) is 0 Å². The first-order chi connectivity index (χ1) is 10.1. The topological polar surface area (TPSA) is 59.5 Å². The first-order valence-electron chi connectivity index (χ1n) is 6.20. The van der Waals surface area contributed by atoms with Gasteiger partial charge in [0.05, 0.1) is 22.9 Å². The van der Waals surface area contributed by atoms with E-state index in [0.29, 0.717) is 12.3 Å². The molecule has 0 fully saturated rings. The van der Waals surface area contributed by atoms with Gasteiger partial charge < -0.3 is 9.64 Å². The quantitative estimate of drug-likeness (QED) is 0.625. The van der Waals surface area contributed by atoms with Crippen molar-refractivity contribution in [3.8, 4) is 0 Å². The molecule has 0 saturated carbocycles. The van der Waals surface area contributed by atoms with E-state index in [1.54, 1.807) is 0 Å². The molecule has 5 nitrogen and oxygen atoms in total. The van der Waals surface area contributed by atoms with Crippen molar-refractivity contribution in [3.05, 3.63) is 28.5 Å². The Morgan fingerprint density at radius 2 is 2.00 bits per heavy atom. The molecule has 1 rings (SSSR count). The summed E-state index contributed by atoms with van der Waals surface area (Å²) >= 11 is 5.78. The Balaban J connectivity index is 3.31. The average molecular weight is 339 g/mol. The van der Waals surface area contributed by atoms with Crippen LogP contribution in [0.1, 0.15) is 24.1 Å². The number of carbonyl (C=O) groups is 2. The maximum Gasteiger partial charge on any atom is 0.417 e. The van der Waals surface area contributed by atoms with E-state index in [4.69, 9.17) is 16.3 Å². The van der Waals surface area contributed by atoms with Crippen LogP contribution in [0.3, 0.4) is 0 Å². The van der Waals surface area contributed by atoms with Crippen LogP contribution in [0.5, 0.6) is 0 Å². The van der Waals surface area contributed by atoms with Crippen molar-refractivity contribution < 1.29 is 27.5 Å². The number of amides is 1. The summed E-state index contributed by atoms with van der Waals surface area (Å²) in [5.41, 5.74) is -1.34. The fourth-order valence-electron chi connectivity index (χ4n) is 1.63. The highest BCUT2D eigenvalue weighted by molar-refractivity contribution is 6.32. The molecule has 0 N–H and O–H groups in total. The Hall–Kier alpha value is -1.83. The lowest BCUT2D eigenvalue weighted by atomic mass is 10.0.